The standard InChI is InChI=1S/2C8H19N2.Mg/c2*1-8(2)7-9-5-6-10(3)4;/h2*8H,5-7H2,1-4H3;/q2*-1;+2/p+2. The van der Waals surface area contributed by atoms with Crippen molar-refractivity contribution in [2.24, 2.45) is 11.8 Å². The molecule has 124 valence electrons. The van der Waals surface area contributed by atoms with Crippen LogP contribution in [0, 0.1) is 11.8 Å². The Balaban J connectivity index is -0.000000295. The molecule has 0 saturated heterocycles. The van der Waals surface area contributed by atoms with Crippen molar-refractivity contribution in [2.75, 3.05) is 67.5 Å². The zero-order chi connectivity index (χ0) is 16.0. The van der Waals surface area contributed by atoms with Gasteiger partial charge in [0.2, 0.25) is 0 Å². The first-order valence-electron chi connectivity index (χ1n) is 8.10. The van der Waals surface area contributed by atoms with E-state index in [0.717, 1.165) is 51.1 Å². The quantitative estimate of drug-likeness (QED) is 0.419. The summed E-state index contributed by atoms with van der Waals surface area (Å²) in [6, 6.07) is 0. The Labute approximate surface area is 150 Å². The molecule has 0 aliphatic rings. The van der Waals surface area contributed by atoms with E-state index in [2.05, 4.69) is 66.5 Å². The zero-order valence-corrected chi connectivity index (χ0v) is 17.4. The van der Waals surface area contributed by atoms with E-state index in [4.69, 9.17) is 0 Å². The number of nitrogens with zero attached hydrogens (tertiary/aromatic N) is 2. The Bertz CT molecular complexity index is 145. The maximum Gasteiger partial charge on any atom is 2.00 e. The average Bonchev–Trinajstić information content (AvgIpc) is 2.30. The molecular weight excluding hydrogens is 273 g/mol. The van der Waals surface area contributed by atoms with Gasteiger partial charge in [-0.1, -0.05) is 52.6 Å². The number of nitrogens with one attached hydrogen (secondary N) is 2. The fraction of sp³-hybridized carbons (Fsp3) is 1.00. The molecule has 0 radical (unpaired) electrons. The van der Waals surface area contributed by atoms with Crippen molar-refractivity contribution in [1.29, 1.82) is 0 Å². The molecule has 0 spiro atoms. The molecule has 0 aromatic heterocycles. The first-order chi connectivity index (χ1) is 9.25. The van der Waals surface area contributed by atoms with Gasteiger partial charge in [-0.2, -0.15) is 0 Å². The van der Waals surface area contributed by atoms with Crippen LogP contribution in [0.2, 0.25) is 0 Å². The second-order valence-electron chi connectivity index (χ2n) is 6.96. The second kappa shape index (κ2) is 18.7. The van der Waals surface area contributed by atoms with Crippen LogP contribution in [-0.4, -0.2) is 90.5 Å². The summed E-state index contributed by atoms with van der Waals surface area (Å²) in [5, 5.41) is 8.78. The van der Waals surface area contributed by atoms with Gasteiger partial charge in [0.15, 0.2) is 0 Å². The molecule has 0 heterocycles. The monoisotopic (exact) mass is 312 g/mol. The molecule has 0 unspecified atom stereocenters. The van der Waals surface area contributed by atoms with Gasteiger partial charge in [-0.25, -0.2) is 0 Å². The summed E-state index contributed by atoms with van der Waals surface area (Å²) in [6.07, 6.45) is 0. The van der Waals surface area contributed by atoms with Crippen LogP contribution < -0.4 is 9.80 Å². The van der Waals surface area contributed by atoms with Gasteiger partial charge in [0.05, 0.1) is 41.3 Å². The summed E-state index contributed by atoms with van der Waals surface area (Å²) in [7, 11) is 8.63. The zero-order valence-electron chi connectivity index (χ0n) is 16.0. The number of rotatable bonds is 10. The van der Waals surface area contributed by atoms with Gasteiger partial charge in [-0.3, -0.25) is 0 Å². The molecular formula is C16H40MgN4+2. The summed E-state index contributed by atoms with van der Waals surface area (Å²) in [5.74, 6) is 1.44. The van der Waals surface area contributed by atoms with E-state index in [-0.39, 0.29) is 23.1 Å². The Morgan fingerprint density at radius 3 is 1.14 bits per heavy atom. The molecule has 4 nitrogen and oxygen atoms in total. The Morgan fingerprint density at radius 1 is 0.667 bits per heavy atom. The van der Waals surface area contributed by atoms with Crippen molar-refractivity contribution in [3.8, 4) is 0 Å². The number of hydrogen-bond donors (Lipinski definition) is 2. The van der Waals surface area contributed by atoms with Gasteiger partial charge in [0, 0.05) is 0 Å². The van der Waals surface area contributed by atoms with E-state index in [1.54, 1.807) is 0 Å². The third-order valence-electron chi connectivity index (χ3n) is 2.53. The van der Waals surface area contributed by atoms with Gasteiger partial charge in [0.1, 0.15) is 0 Å². The minimum atomic E-state index is 0. The number of likely N-dealkylation sites (N-methyl/N-ethyl adjacent to an activating group) is 2. The molecule has 0 aromatic rings. The predicted molar refractivity (Wildman–Crippen MR) is 97.0 cm³/mol. The molecule has 2 N–H and O–H groups in total. The van der Waals surface area contributed by atoms with Crippen LogP contribution in [0.25, 0.3) is 10.6 Å². The molecule has 0 rings (SSSR count). The van der Waals surface area contributed by atoms with E-state index in [0.29, 0.717) is 0 Å². The third-order valence-corrected chi connectivity index (χ3v) is 2.53. The third kappa shape index (κ3) is 33.4. The maximum atomic E-state index is 4.39. The smallest absolute Gasteiger partial charge is 0.658 e. The van der Waals surface area contributed by atoms with Crippen LogP contribution >= 0.6 is 0 Å². The predicted octanol–water partition coefficient (Wildman–Crippen LogP) is -0.0596. The largest absolute Gasteiger partial charge is 2.00 e. The molecule has 0 fully saturated rings. The van der Waals surface area contributed by atoms with Crippen molar-refractivity contribution in [2.45, 2.75) is 27.7 Å². The Hall–Kier alpha value is 0.606. The molecule has 0 saturated carbocycles. The summed E-state index contributed by atoms with van der Waals surface area (Å²) in [6.45, 7) is 15.2. The molecule has 5 heteroatoms. The SMILES string of the molecule is CC(C)C[N-]CC[NH+](C)C.CC(C)C[N-]CC[NH+](C)C.[Mg+2]. The summed E-state index contributed by atoms with van der Waals surface area (Å²) in [5.41, 5.74) is 0. The van der Waals surface area contributed by atoms with E-state index in [1.807, 2.05) is 0 Å². The number of quaternary nitrogens is 2. The van der Waals surface area contributed by atoms with Crippen LogP contribution in [0.1, 0.15) is 27.7 Å². The van der Waals surface area contributed by atoms with Gasteiger partial charge in [-0.05, 0) is 0 Å². The van der Waals surface area contributed by atoms with Crippen molar-refractivity contribution < 1.29 is 9.80 Å². The second-order valence-corrected chi connectivity index (χ2v) is 6.96. The van der Waals surface area contributed by atoms with E-state index < -0.39 is 0 Å². The minimum Gasteiger partial charge on any atom is -0.658 e. The van der Waals surface area contributed by atoms with Crippen LogP contribution in [0.3, 0.4) is 0 Å². The van der Waals surface area contributed by atoms with E-state index in [1.165, 1.54) is 9.80 Å². The van der Waals surface area contributed by atoms with Gasteiger partial charge in [-0.15, -0.1) is 13.1 Å². The molecule has 21 heavy (non-hydrogen) atoms. The summed E-state index contributed by atoms with van der Waals surface area (Å²) in [4.78, 5) is 2.96. The molecule has 0 amide bonds. The van der Waals surface area contributed by atoms with Crippen LogP contribution in [0.5, 0.6) is 0 Å². The first kappa shape index (κ1) is 26.5. The van der Waals surface area contributed by atoms with Crippen molar-refractivity contribution in [1.82, 2.24) is 0 Å². The van der Waals surface area contributed by atoms with Gasteiger partial charge < -0.3 is 20.4 Å². The van der Waals surface area contributed by atoms with Crippen LogP contribution in [0.15, 0.2) is 0 Å². The van der Waals surface area contributed by atoms with Crippen molar-refractivity contribution in [3.63, 3.8) is 0 Å². The fourth-order valence-electron chi connectivity index (χ4n) is 1.30. The Kier molecular flexibility index (Phi) is 23.5. The van der Waals surface area contributed by atoms with Crippen LogP contribution in [-0.2, 0) is 0 Å². The molecule has 0 aromatic carbocycles. The number of hydrogen-bond acceptors (Lipinski definition) is 0. The fourth-order valence-corrected chi connectivity index (χ4v) is 1.30. The molecule has 0 aliphatic heterocycles. The minimum absolute atomic E-state index is 0. The van der Waals surface area contributed by atoms with Gasteiger partial charge in [0.25, 0.3) is 0 Å². The van der Waals surface area contributed by atoms with E-state index >= 15 is 0 Å². The van der Waals surface area contributed by atoms with Crippen molar-refractivity contribution >= 4 is 23.1 Å². The van der Waals surface area contributed by atoms with E-state index in [9.17, 15) is 0 Å². The molecule has 0 bridgehead atoms. The summed E-state index contributed by atoms with van der Waals surface area (Å²) >= 11 is 0. The normalized spacial score (nSPS) is 10.9. The molecule has 0 atom stereocenters. The Morgan fingerprint density at radius 2 is 0.952 bits per heavy atom. The first-order valence-corrected chi connectivity index (χ1v) is 8.10. The summed E-state index contributed by atoms with van der Waals surface area (Å²) < 4.78 is 0. The van der Waals surface area contributed by atoms with Gasteiger partial charge >= 0.3 is 23.1 Å². The molecule has 0 aliphatic carbocycles. The van der Waals surface area contributed by atoms with Crippen LogP contribution in [0.4, 0.5) is 0 Å². The average molecular weight is 313 g/mol. The topological polar surface area (TPSA) is 37.1 Å². The maximum absolute atomic E-state index is 4.39. The van der Waals surface area contributed by atoms with Crippen molar-refractivity contribution in [3.05, 3.63) is 10.6 Å².